The molecule has 1 unspecified atom stereocenters. The summed E-state index contributed by atoms with van der Waals surface area (Å²) in [5.41, 5.74) is 7.18. The van der Waals surface area contributed by atoms with Crippen LogP contribution in [0, 0.1) is 6.92 Å². The van der Waals surface area contributed by atoms with E-state index < -0.39 is 6.04 Å². The van der Waals surface area contributed by atoms with Crippen LogP contribution in [0.4, 0.5) is 5.69 Å². The topological polar surface area (TPSA) is 84.2 Å². The molecule has 6 heteroatoms. The summed E-state index contributed by atoms with van der Waals surface area (Å²) in [6, 6.07) is 4.82. The summed E-state index contributed by atoms with van der Waals surface area (Å²) in [5, 5.41) is 6.04. The Balaban J connectivity index is 2.38. The van der Waals surface area contributed by atoms with Gasteiger partial charge in [0, 0.05) is 23.7 Å². The fourth-order valence-electron chi connectivity index (χ4n) is 1.83. The highest BCUT2D eigenvalue weighted by atomic mass is 35.5. The second-order valence-electron chi connectivity index (χ2n) is 4.90. The minimum Gasteiger partial charge on any atom is -0.354 e. The Labute approximate surface area is 130 Å². The third-order valence-corrected chi connectivity index (χ3v) is 3.54. The van der Waals surface area contributed by atoms with E-state index in [0.29, 0.717) is 17.1 Å². The van der Waals surface area contributed by atoms with E-state index in [2.05, 4.69) is 10.6 Å². The molecule has 0 saturated heterocycles. The van der Waals surface area contributed by atoms with Gasteiger partial charge in [0.05, 0.1) is 6.04 Å². The number of benzene rings is 1. The average Bonchev–Trinajstić information content (AvgIpc) is 2.44. The van der Waals surface area contributed by atoms with E-state index in [4.69, 9.17) is 17.3 Å². The molecule has 0 aliphatic rings. The SMILES string of the molecule is CCCC(N)C(=O)NCCC(=O)Nc1cccc(Cl)c1C. The molecule has 0 aliphatic heterocycles. The van der Waals surface area contributed by atoms with Crippen molar-refractivity contribution in [2.45, 2.75) is 39.2 Å². The van der Waals surface area contributed by atoms with Crippen LogP contribution in [0.15, 0.2) is 18.2 Å². The summed E-state index contributed by atoms with van der Waals surface area (Å²) in [6.45, 7) is 4.07. The first kappa shape index (κ1) is 17.5. The molecular formula is C15H22ClN3O2. The molecule has 1 atom stereocenters. The fourth-order valence-corrected chi connectivity index (χ4v) is 2.00. The predicted octanol–water partition coefficient (Wildman–Crippen LogP) is 2.22. The van der Waals surface area contributed by atoms with Crippen molar-refractivity contribution in [1.29, 1.82) is 0 Å². The van der Waals surface area contributed by atoms with E-state index in [1.54, 1.807) is 18.2 Å². The Morgan fingerprint density at radius 2 is 2.10 bits per heavy atom. The first-order valence-electron chi connectivity index (χ1n) is 7.04. The highest BCUT2D eigenvalue weighted by molar-refractivity contribution is 6.31. The Hall–Kier alpha value is -1.59. The molecule has 0 spiro atoms. The van der Waals surface area contributed by atoms with Crippen LogP contribution in [0.2, 0.25) is 5.02 Å². The van der Waals surface area contributed by atoms with Gasteiger partial charge in [-0.1, -0.05) is 31.0 Å². The zero-order valence-electron chi connectivity index (χ0n) is 12.4. The molecule has 0 radical (unpaired) electrons. The van der Waals surface area contributed by atoms with Gasteiger partial charge in [-0.15, -0.1) is 0 Å². The lowest BCUT2D eigenvalue weighted by molar-refractivity contribution is -0.122. The average molecular weight is 312 g/mol. The number of nitrogens with two attached hydrogens (primary N) is 1. The standard InChI is InChI=1S/C15H22ClN3O2/c1-3-5-12(17)15(21)18-9-8-14(20)19-13-7-4-6-11(16)10(13)2/h4,6-7,12H,3,5,8-9,17H2,1-2H3,(H,18,21)(H,19,20). The Kier molecular flexibility index (Phi) is 7.19. The number of hydrogen-bond acceptors (Lipinski definition) is 3. The van der Waals surface area contributed by atoms with Crippen molar-refractivity contribution in [3.05, 3.63) is 28.8 Å². The number of halogens is 1. The van der Waals surface area contributed by atoms with Crippen LogP contribution >= 0.6 is 11.6 Å². The smallest absolute Gasteiger partial charge is 0.236 e. The summed E-state index contributed by atoms with van der Waals surface area (Å²) in [7, 11) is 0. The lowest BCUT2D eigenvalue weighted by Gasteiger charge is -2.12. The van der Waals surface area contributed by atoms with Gasteiger partial charge in [-0.3, -0.25) is 9.59 Å². The van der Waals surface area contributed by atoms with Gasteiger partial charge in [0.15, 0.2) is 0 Å². The van der Waals surface area contributed by atoms with E-state index in [9.17, 15) is 9.59 Å². The monoisotopic (exact) mass is 311 g/mol. The van der Waals surface area contributed by atoms with Crippen LogP contribution in [-0.2, 0) is 9.59 Å². The second-order valence-corrected chi connectivity index (χ2v) is 5.30. The molecule has 21 heavy (non-hydrogen) atoms. The maximum atomic E-state index is 11.8. The zero-order chi connectivity index (χ0) is 15.8. The van der Waals surface area contributed by atoms with E-state index >= 15 is 0 Å². The van der Waals surface area contributed by atoms with Crippen molar-refractivity contribution >= 4 is 29.1 Å². The molecular weight excluding hydrogens is 290 g/mol. The first-order chi connectivity index (χ1) is 9.95. The fraction of sp³-hybridized carbons (Fsp3) is 0.467. The first-order valence-corrected chi connectivity index (χ1v) is 7.41. The van der Waals surface area contributed by atoms with Crippen LogP contribution in [0.3, 0.4) is 0 Å². The van der Waals surface area contributed by atoms with Crippen LogP contribution in [0.1, 0.15) is 31.7 Å². The van der Waals surface area contributed by atoms with Gasteiger partial charge in [0.1, 0.15) is 0 Å². The van der Waals surface area contributed by atoms with Crippen molar-refractivity contribution in [3.8, 4) is 0 Å². The summed E-state index contributed by atoms with van der Waals surface area (Å²) >= 11 is 5.99. The molecule has 0 saturated carbocycles. The zero-order valence-corrected chi connectivity index (χ0v) is 13.2. The molecule has 1 rings (SSSR count). The Morgan fingerprint density at radius 3 is 2.76 bits per heavy atom. The summed E-state index contributed by atoms with van der Waals surface area (Å²) in [5.74, 6) is -0.395. The van der Waals surface area contributed by atoms with Gasteiger partial charge in [-0.05, 0) is 31.0 Å². The molecule has 0 bridgehead atoms. The number of carbonyl (C=O) groups excluding carboxylic acids is 2. The van der Waals surface area contributed by atoms with Gasteiger partial charge < -0.3 is 16.4 Å². The van der Waals surface area contributed by atoms with Crippen molar-refractivity contribution < 1.29 is 9.59 Å². The molecule has 0 aliphatic carbocycles. The minimum atomic E-state index is -0.506. The molecule has 0 aromatic heterocycles. The number of anilines is 1. The molecule has 4 N–H and O–H groups in total. The molecule has 0 heterocycles. The van der Waals surface area contributed by atoms with Gasteiger partial charge in [0.25, 0.3) is 0 Å². The van der Waals surface area contributed by atoms with E-state index in [0.717, 1.165) is 12.0 Å². The second kappa shape index (κ2) is 8.64. The van der Waals surface area contributed by atoms with Crippen LogP contribution in [0.25, 0.3) is 0 Å². The van der Waals surface area contributed by atoms with Gasteiger partial charge in [-0.25, -0.2) is 0 Å². The number of hydrogen-bond donors (Lipinski definition) is 3. The molecule has 1 aromatic carbocycles. The number of nitrogens with one attached hydrogen (secondary N) is 2. The van der Waals surface area contributed by atoms with Gasteiger partial charge in [-0.2, -0.15) is 0 Å². The maximum absolute atomic E-state index is 11.8. The normalized spacial score (nSPS) is 11.8. The summed E-state index contributed by atoms with van der Waals surface area (Å²) in [4.78, 5) is 23.4. The number of carbonyl (C=O) groups is 2. The number of amides is 2. The van der Waals surface area contributed by atoms with Crippen LogP contribution in [0.5, 0.6) is 0 Å². The van der Waals surface area contributed by atoms with Crippen molar-refractivity contribution in [2.24, 2.45) is 5.73 Å². The van der Waals surface area contributed by atoms with Crippen molar-refractivity contribution in [2.75, 3.05) is 11.9 Å². The Bertz CT molecular complexity index is 506. The lowest BCUT2D eigenvalue weighted by Crippen LogP contribution is -2.41. The van der Waals surface area contributed by atoms with Crippen molar-refractivity contribution in [1.82, 2.24) is 5.32 Å². The van der Waals surface area contributed by atoms with E-state index in [1.807, 2.05) is 13.8 Å². The molecule has 0 fully saturated rings. The van der Waals surface area contributed by atoms with E-state index in [1.165, 1.54) is 0 Å². The van der Waals surface area contributed by atoms with Crippen LogP contribution < -0.4 is 16.4 Å². The molecule has 5 nitrogen and oxygen atoms in total. The summed E-state index contributed by atoms with van der Waals surface area (Å²) in [6.07, 6.45) is 1.68. The lowest BCUT2D eigenvalue weighted by atomic mass is 10.1. The molecule has 1 aromatic rings. The molecule has 116 valence electrons. The van der Waals surface area contributed by atoms with Crippen LogP contribution in [-0.4, -0.2) is 24.4 Å². The van der Waals surface area contributed by atoms with E-state index in [-0.39, 0.29) is 24.8 Å². The highest BCUT2D eigenvalue weighted by Gasteiger charge is 2.12. The predicted molar refractivity (Wildman–Crippen MR) is 85.3 cm³/mol. The van der Waals surface area contributed by atoms with Gasteiger partial charge in [0.2, 0.25) is 11.8 Å². The quantitative estimate of drug-likeness (QED) is 0.722. The third-order valence-electron chi connectivity index (χ3n) is 3.13. The largest absolute Gasteiger partial charge is 0.354 e. The number of rotatable bonds is 7. The summed E-state index contributed by atoms with van der Waals surface area (Å²) < 4.78 is 0. The minimum absolute atomic E-state index is 0.176. The highest BCUT2D eigenvalue weighted by Crippen LogP contribution is 2.22. The maximum Gasteiger partial charge on any atom is 0.236 e. The van der Waals surface area contributed by atoms with Gasteiger partial charge >= 0.3 is 0 Å². The third kappa shape index (κ3) is 5.73. The molecule has 2 amide bonds. The Morgan fingerprint density at radius 1 is 1.38 bits per heavy atom. The van der Waals surface area contributed by atoms with Crippen molar-refractivity contribution in [3.63, 3.8) is 0 Å².